The van der Waals surface area contributed by atoms with Crippen molar-refractivity contribution in [3.05, 3.63) is 35.9 Å². The largest absolute Gasteiger partial charge is 0.340 e. The molecule has 0 spiro atoms. The van der Waals surface area contributed by atoms with Gasteiger partial charge < -0.3 is 4.90 Å². The lowest BCUT2D eigenvalue weighted by molar-refractivity contribution is -0.132. The van der Waals surface area contributed by atoms with E-state index >= 15 is 0 Å². The predicted octanol–water partition coefficient (Wildman–Crippen LogP) is 0.739. The number of aromatic nitrogens is 7. The SMILES string of the molecule is Cc1cc(C)n2nc(CC(=O)N3CCC[C@@H](n4cncn4)C3)nc2n1. The maximum atomic E-state index is 12.7. The van der Waals surface area contributed by atoms with Crippen LogP contribution in [0.25, 0.3) is 5.78 Å². The summed E-state index contributed by atoms with van der Waals surface area (Å²) in [7, 11) is 0. The maximum absolute atomic E-state index is 12.7. The first kappa shape index (κ1) is 15.7. The van der Waals surface area contributed by atoms with E-state index in [4.69, 9.17) is 0 Å². The smallest absolute Gasteiger partial charge is 0.252 e. The summed E-state index contributed by atoms with van der Waals surface area (Å²) in [6.45, 7) is 5.28. The molecule has 4 heterocycles. The lowest BCUT2D eigenvalue weighted by atomic mass is 10.1. The Labute approximate surface area is 144 Å². The molecule has 0 radical (unpaired) electrons. The molecule has 130 valence electrons. The zero-order valence-corrected chi connectivity index (χ0v) is 14.3. The van der Waals surface area contributed by atoms with Crippen molar-refractivity contribution >= 4 is 11.7 Å². The average Bonchev–Trinajstić information content (AvgIpc) is 3.24. The van der Waals surface area contributed by atoms with Crippen molar-refractivity contribution < 1.29 is 4.79 Å². The predicted molar refractivity (Wildman–Crippen MR) is 88.8 cm³/mol. The Hall–Kier alpha value is -2.84. The van der Waals surface area contributed by atoms with Crippen molar-refractivity contribution in [2.75, 3.05) is 13.1 Å². The number of piperidine rings is 1. The topological polar surface area (TPSA) is 94.1 Å². The maximum Gasteiger partial charge on any atom is 0.252 e. The molecule has 3 aromatic rings. The van der Waals surface area contributed by atoms with Crippen LogP contribution in [0.4, 0.5) is 0 Å². The minimum atomic E-state index is 0.0371. The van der Waals surface area contributed by atoms with E-state index in [0.29, 0.717) is 18.1 Å². The van der Waals surface area contributed by atoms with E-state index in [9.17, 15) is 4.79 Å². The number of fused-ring (bicyclic) bond motifs is 1. The van der Waals surface area contributed by atoms with Gasteiger partial charge in [0.1, 0.15) is 12.7 Å². The Morgan fingerprint density at radius 1 is 1.32 bits per heavy atom. The molecular weight excluding hydrogens is 320 g/mol. The van der Waals surface area contributed by atoms with Gasteiger partial charge in [0.25, 0.3) is 5.78 Å². The molecule has 1 aliphatic rings. The Bertz CT molecular complexity index is 900. The monoisotopic (exact) mass is 340 g/mol. The summed E-state index contributed by atoms with van der Waals surface area (Å²) < 4.78 is 3.52. The molecule has 9 heteroatoms. The second-order valence-electron chi connectivity index (χ2n) is 6.47. The Morgan fingerprint density at radius 2 is 2.20 bits per heavy atom. The molecule has 1 aliphatic heterocycles. The molecule has 0 N–H and O–H groups in total. The molecule has 1 amide bonds. The third-order valence-corrected chi connectivity index (χ3v) is 4.53. The van der Waals surface area contributed by atoms with E-state index in [1.807, 2.05) is 29.5 Å². The number of nitrogens with zero attached hydrogens (tertiary/aromatic N) is 8. The van der Waals surface area contributed by atoms with Crippen LogP contribution < -0.4 is 0 Å². The lowest BCUT2D eigenvalue weighted by Gasteiger charge is -2.32. The van der Waals surface area contributed by atoms with Gasteiger partial charge in [0, 0.05) is 24.5 Å². The fraction of sp³-hybridized carbons (Fsp3) is 0.500. The van der Waals surface area contributed by atoms with Crippen LogP contribution in [0, 0.1) is 13.8 Å². The quantitative estimate of drug-likeness (QED) is 0.698. The van der Waals surface area contributed by atoms with Crippen molar-refractivity contribution in [1.82, 2.24) is 39.2 Å². The first-order valence-electron chi connectivity index (χ1n) is 8.42. The number of likely N-dealkylation sites (tertiary alicyclic amines) is 1. The van der Waals surface area contributed by atoms with E-state index in [-0.39, 0.29) is 18.4 Å². The molecule has 0 unspecified atom stereocenters. The van der Waals surface area contributed by atoms with E-state index in [1.165, 1.54) is 6.33 Å². The molecule has 1 saturated heterocycles. The van der Waals surface area contributed by atoms with Crippen LogP contribution in [-0.2, 0) is 11.2 Å². The van der Waals surface area contributed by atoms with Crippen LogP contribution in [0.5, 0.6) is 0 Å². The molecule has 0 bridgehead atoms. The number of hydrogen-bond donors (Lipinski definition) is 0. The fourth-order valence-electron chi connectivity index (χ4n) is 3.33. The second-order valence-corrected chi connectivity index (χ2v) is 6.47. The zero-order valence-electron chi connectivity index (χ0n) is 14.3. The second kappa shape index (κ2) is 6.23. The normalized spacial score (nSPS) is 18.0. The van der Waals surface area contributed by atoms with Crippen molar-refractivity contribution in [3.8, 4) is 0 Å². The van der Waals surface area contributed by atoms with Crippen molar-refractivity contribution in [3.63, 3.8) is 0 Å². The van der Waals surface area contributed by atoms with Gasteiger partial charge in [0.2, 0.25) is 5.91 Å². The molecule has 0 aromatic carbocycles. The third kappa shape index (κ3) is 3.09. The summed E-state index contributed by atoms with van der Waals surface area (Å²) in [4.78, 5) is 27.3. The lowest BCUT2D eigenvalue weighted by Crippen LogP contribution is -2.41. The summed E-state index contributed by atoms with van der Waals surface area (Å²) in [5.74, 6) is 1.09. The van der Waals surface area contributed by atoms with Gasteiger partial charge in [0.05, 0.1) is 12.5 Å². The molecule has 25 heavy (non-hydrogen) atoms. The van der Waals surface area contributed by atoms with Gasteiger partial charge in [-0.3, -0.25) is 4.79 Å². The summed E-state index contributed by atoms with van der Waals surface area (Å²) >= 11 is 0. The van der Waals surface area contributed by atoms with Crippen molar-refractivity contribution in [2.45, 2.75) is 39.2 Å². The molecule has 4 rings (SSSR count). The highest BCUT2D eigenvalue weighted by molar-refractivity contribution is 5.78. The molecule has 0 saturated carbocycles. The molecule has 0 aliphatic carbocycles. The Kier molecular flexibility index (Phi) is 3.90. The molecule has 1 fully saturated rings. The number of aryl methyl sites for hydroxylation is 2. The van der Waals surface area contributed by atoms with Crippen molar-refractivity contribution in [2.24, 2.45) is 0 Å². The van der Waals surface area contributed by atoms with E-state index in [1.54, 1.807) is 10.8 Å². The van der Waals surface area contributed by atoms with Crippen LogP contribution in [-0.4, -0.2) is 58.2 Å². The Balaban J connectivity index is 1.49. The number of hydrogen-bond acceptors (Lipinski definition) is 6. The summed E-state index contributed by atoms with van der Waals surface area (Å²) in [5, 5.41) is 8.62. The molecular formula is C16H20N8O. The third-order valence-electron chi connectivity index (χ3n) is 4.53. The van der Waals surface area contributed by atoms with Crippen LogP contribution in [0.2, 0.25) is 0 Å². The van der Waals surface area contributed by atoms with Gasteiger partial charge in [0.15, 0.2) is 5.82 Å². The van der Waals surface area contributed by atoms with Gasteiger partial charge in [-0.2, -0.15) is 10.1 Å². The first-order chi connectivity index (χ1) is 12.1. The summed E-state index contributed by atoms with van der Waals surface area (Å²) in [6, 6.07) is 2.13. The molecule has 9 nitrogen and oxygen atoms in total. The number of amides is 1. The van der Waals surface area contributed by atoms with Gasteiger partial charge in [-0.1, -0.05) is 0 Å². The highest BCUT2D eigenvalue weighted by Gasteiger charge is 2.26. The van der Waals surface area contributed by atoms with E-state index in [0.717, 1.165) is 30.8 Å². The standard InChI is InChI=1S/C16H20N8O/c1-11-6-12(2)24-16(19-11)20-14(21-24)7-15(25)22-5-3-4-13(8-22)23-10-17-9-18-23/h6,9-10,13H,3-5,7-8H2,1-2H3/t13-/m1/s1. The van der Waals surface area contributed by atoms with Crippen LogP contribution >= 0.6 is 0 Å². The first-order valence-corrected chi connectivity index (χ1v) is 8.42. The van der Waals surface area contributed by atoms with Crippen LogP contribution in [0.3, 0.4) is 0 Å². The summed E-state index contributed by atoms with van der Waals surface area (Å²) in [6.07, 6.45) is 5.38. The highest BCUT2D eigenvalue weighted by atomic mass is 16.2. The average molecular weight is 340 g/mol. The number of carbonyl (C=O) groups excluding carboxylic acids is 1. The molecule has 1 atom stereocenters. The minimum absolute atomic E-state index is 0.0371. The van der Waals surface area contributed by atoms with Crippen molar-refractivity contribution in [1.29, 1.82) is 0 Å². The highest BCUT2D eigenvalue weighted by Crippen LogP contribution is 2.20. The van der Waals surface area contributed by atoms with E-state index < -0.39 is 0 Å². The van der Waals surface area contributed by atoms with Gasteiger partial charge in [-0.15, -0.1) is 5.10 Å². The van der Waals surface area contributed by atoms with Gasteiger partial charge in [-0.25, -0.2) is 19.2 Å². The minimum Gasteiger partial charge on any atom is -0.340 e. The van der Waals surface area contributed by atoms with Gasteiger partial charge in [-0.05, 0) is 32.8 Å². The van der Waals surface area contributed by atoms with Crippen LogP contribution in [0.1, 0.15) is 36.1 Å². The fourth-order valence-corrected chi connectivity index (χ4v) is 3.33. The van der Waals surface area contributed by atoms with Crippen LogP contribution in [0.15, 0.2) is 18.7 Å². The van der Waals surface area contributed by atoms with E-state index in [2.05, 4.69) is 25.1 Å². The molecule has 3 aromatic heterocycles. The zero-order chi connectivity index (χ0) is 17.4. The number of carbonyl (C=O) groups is 1. The van der Waals surface area contributed by atoms with Gasteiger partial charge >= 0.3 is 0 Å². The Morgan fingerprint density at radius 3 is 3.00 bits per heavy atom. The summed E-state index contributed by atoms with van der Waals surface area (Å²) in [5.41, 5.74) is 1.85. The number of rotatable bonds is 3.